The van der Waals surface area contributed by atoms with Gasteiger partial charge in [-0.25, -0.2) is 8.42 Å². The van der Waals surface area contributed by atoms with Crippen LogP contribution in [-0.2, 0) is 10.0 Å². The molecule has 0 fully saturated rings. The molecule has 0 saturated heterocycles. The molecule has 0 aliphatic rings. The van der Waals surface area contributed by atoms with Crippen molar-refractivity contribution >= 4 is 26.8 Å². The van der Waals surface area contributed by atoms with Gasteiger partial charge in [0.25, 0.3) is 15.9 Å². The number of hydrazine groups is 1. The largest absolute Gasteiger partial charge is 0.360 e. The maximum absolute atomic E-state index is 12.4. The molecule has 3 aromatic rings. The standard InChI is InChI=1S/C17H17N3O3S/c1-11-7-8-12(2)16(9-11)24(22,23)20-19-17(21)14-10-18-15-6-4-3-5-13(14)15/h3-10,18,20H,1-2H3,(H,19,21). The first-order valence-corrected chi connectivity index (χ1v) is 8.82. The van der Waals surface area contributed by atoms with E-state index in [1.54, 1.807) is 31.3 Å². The maximum Gasteiger partial charge on any atom is 0.268 e. The Labute approximate surface area is 139 Å². The van der Waals surface area contributed by atoms with Crippen LogP contribution in [0.5, 0.6) is 0 Å². The zero-order chi connectivity index (χ0) is 17.3. The fourth-order valence-electron chi connectivity index (χ4n) is 2.49. The van der Waals surface area contributed by atoms with Crippen LogP contribution in [0.3, 0.4) is 0 Å². The molecule has 1 aromatic heterocycles. The van der Waals surface area contributed by atoms with Crippen molar-refractivity contribution in [1.29, 1.82) is 0 Å². The Bertz CT molecular complexity index is 1020. The van der Waals surface area contributed by atoms with E-state index in [2.05, 4.69) is 15.2 Å². The fourth-order valence-corrected chi connectivity index (χ4v) is 3.66. The number of amides is 1. The molecule has 124 valence electrons. The molecule has 7 heteroatoms. The molecule has 0 unspecified atom stereocenters. The predicted octanol–water partition coefficient (Wildman–Crippen LogP) is 2.41. The highest BCUT2D eigenvalue weighted by Crippen LogP contribution is 2.18. The summed E-state index contributed by atoms with van der Waals surface area (Å²) in [6.45, 7) is 3.51. The Kier molecular flexibility index (Phi) is 4.13. The van der Waals surface area contributed by atoms with Crippen LogP contribution in [0.2, 0.25) is 0 Å². The van der Waals surface area contributed by atoms with Gasteiger partial charge in [-0.15, -0.1) is 4.83 Å². The van der Waals surface area contributed by atoms with Crippen LogP contribution in [0.15, 0.2) is 53.6 Å². The number of carbonyl (C=O) groups excluding carboxylic acids is 1. The minimum absolute atomic E-state index is 0.140. The number of fused-ring (bicyclic) bond motifs is 1. The zero-order valence-electron chi connectivity index (χ0n) is 13.3. The van der Waals surface area contributed by atoms with E-state index < -0.39 is 15.9 Å². The van der Waals surface area contributed by atoms with Crippen molar-refractivity contribution in [3.8, 4) is 0 Å². The summed E-state index contributed by atoms with van der Waals surface area (Å²) in [7, 11) is -3.85. The Morgan fingerprint density at radius 3 is 2.62 bits per heavy atom. The second-order valence-corrected chi connectivity index (χ2v) is 7.23. The van der Waals surface area contributed by atoms with E-state index in [9.17, 15) is 13.2 Å². The normalized spacial score (nSPS) is 11.6. The number of carbonyl (C=O) groups is 1. The second-order valence-electron chi connectivity index (χ2n) is 5.58. The van der Waals surface area contributed by atoms with Gasteiger partial charge in [0.15, 0.2) is 0 Å². The number of sulfonamides is 1. The third-order valence-electron chi connectivity index (χ3n) is 3.77. The van der Waals surface area contributed by atoms with Crippen LogP contribution in [0.4, 0.5) is 0 Å². The molecule has 2 aromatic carbocycles. The lowest BCUT2D eigenvalue weighted by molar-refractivity contribution is 0.0947. The highest BCUT2D eigenvalue weighted by molar-refractivity contribution is 7.89. The van der Waals surface area contributed by atoms with Gasteiger partial charge in [0.05, 0.1) is 10.5 Å². The lowest BCUT2D eigenvalue weighted by Crippen LogP contribution is -2.41. The number of nitrogens with one attached hydrogen (secondary N) is 3. The van der Waals surface area contributed by atoms with Crippen molar-refractivity contribution < 1.29 is 13.2 Å². The molecule has 0 atom stereocenters. The fraction of sp³-hybridized carbons (Fsp3) is 0.118. The predicted molar refractivity (Wildman–Crippen MR) is 92.0 cm³/mol. The number of para-hydroxylation sites is 1. The smallest absolute Gasteiger partial charge is 0.268 e. The van der Waals surface area contributed by atoms with Gasteiger partial charge in [0, 0.05) is 17.1 Å². The molecule has 0 spiro atoms. The monoisotopic (exact) mass is 343 g/mol. The van der Waals surface area contributed by atoms with Gasteiger partial charge in [-0.1, -0.05) is 30.3 Å². The average Bonchev–Trinajstić information content (AvgIpc) is 2.99. The summed E-state index contributed by atoms with van der Waals surface area (Å²) in [6.07, 6.45) is 1.55. The second kappa shape index (κ2) is 6.10. The Morgan fingerprint density at radius 1 is 1.08 bits per heavy atom. The first-order valence-electron chi connectivity index (χ1n) is 7.34. The Morgan fingerprint density at radius 2 is 1.83 bits per heavy atom. The summed E-state index contributed by atoms with van der Waals surface area (Å²) in [5.41, 5.74) is 4.87. The Hall–Kier alpha value is -2.64. The van der Waals surface area contributed by atoms with Crippen molar-refractivity contribution in [3.63, 3.8) is 0 Å². The van der Waals surface area contributed by atoms with Crippen LogP contribution in [-0.4, -0.2) is 19.3 Å². The quantitative estimate of drug-likeness (QED) is 0.635. The van der Waals surface area contributed by atoms with Crippen LogP contribution in [0, 0.1) is 13.8 Å². The van der Waals surface area contributed by atoms with Crippen molar-refractivity contribution in [2.75, 3.05) is 0 Å². The number of rotatable bonds is 4. The number of aromatic nitrogens is 1. The molecule has 1 heterocycles. The molecular formula is C17H17N3O3S. The number of hydrogen-bond acceptors (Lipinski definition) is 3. The van der Waals surface area contributed by atoms with Gasteiger partial charge in [0.1, 0.15) is 0 Å². The summed E-state index contributed by atoms with van der Waals surface area (Å²) >= 11 is 0. The van der Waals surface area contributed by atoms with Gasteiger partial charge < -0.3 is 4.98 Å². The highest BCUT2D eigenvalue weighted by atomic mass is 32.2. The van der Waals surface area contributed by atoms with Crippen molar-refractivity contribution in [2.24, 2.45) is 0 Å². The van der Waals surface area contributed by atoms with Crippen LogP contribution >= 0.6 is 0 Å². The molecule has 3 N–H and O–H groups in total. The van der Waals surface area contributed by atoms with Crippen molar-refractivity contribution in [1.82, 2.24) is 15.2 Å². The molecule has 0 bridgehead atoms. The minimum Gasteiger partial charge on any atom is -0.360 e. The zero-order valence-corrected chi connectivity index (χ0v) is 14.1. The van der Waals surface area contributed by atoms with E-state index in [0.717, 1.165) is 16.5 Å². The molecule has 3 rings (SSSR count). The lowest BCUT2D eigenvalue weighted by Gasteiger charge is -2.11. The highest BCUT2D eigenvalue weighted by Gasteiger charge is 2.19. The van der Waals surface area contributed by atoms with E-state index in [0.29, 0.717) is 11.1 Å². The van der Waals surface area contributed by atoms with Gasteiger partial charge in [-0.05, 0) is 37.1 Å². The van der Waals surface area contributed by atoms with Gasteiger partial charge in [0.2, 0.25) is 0 Å². The van der Waals surface area contributed by atoms with Gasteiger partial charge in [-0.3, -0.25) is 10.2 Å². The van der Waals surface area contributed by atoms with Crippen LogP contribution < -0.4 is 10.3 Å². The van der Waals surface area contributed by atoms with Crippen molar-refractivity contribution in [3.05, 3.63) is 65.4 Å². The van der Waals surface area contributed by atoms with E-state index in [1.807, 2.05) is 31.2 Å². The molecule has 0 aliphatic heterocycles. The molecule has 0 aliphatic carbocycles. The SMILES string of the molecule is Cc1ccc(C)c(S(=O)(=O)NNC(=O)c2c[nH]c3ccccc23)c1. The summed E-state index contributed by atoms with van der Waals surface area (Å²) < 4.78 is 24.8. The first kappa shape index (κ1) is 16.2. The first-order chi connectivity index (χ1) is 11.4. The number of H-pyrrole nitrogens is 1. The van der Waals surface area contributed by atoms with E-state index in [4.69, 9.17) is 0 Å². The Balaban J connectivity index is 1.82. The molecular weight excluding hydrogens is 326 g/mol. The van der Waals surface area contributed by atoms with Gasteiger partial charge >= 0.3 is 0 Å². The number of aromatic amines is 1. The number of benzene rings is 2. The summed E-state index contributed by atoms with van der Waals surface area (Å²) in [5.74, 6) is -0.527. The van der Waals surface area contributed by atoms with Gasteiger partial charge in [-0.2, -0.15) is 0 Å². The minimum atomic E-state index is -3.85. The maximum atomic E-state index is 12.4. The summed E-state index contributed by atoms with van der Waals surface area (Å²) in [4.78, 5) is 17.6. The number of aryl methyl sites for hydroxylation is 2. The van der Waals surface area contributed by atoms with Crippen molar-refractivity contribution in [2.45, 2.75) is 18.7 Å². The van der Waals surface area contributed by atoms with E-state index in [1.165, 1.54) is 0 Å². The van der Waals surface area contributed by atoms with E-state index >= 15 is 0 Å². The molecule has 0 saturated carbocycles. The molecule has 1 amide bonds. The molecule has 24 heavy (non-hydrogen) atoms. The third kappa shape index (κ3) is 3.04. The lowest BCUT2D eigenvalue weighted by atomic mass is 10.2. The molecule has 6 nitrogen and oxygen atoms in total. The average molecular weight is 343 g/mol. The molecule has 0 radical (unpaired) electrons. The topological polar surface area (TPSA) is 91.1 Å². The van der Waals surface area contributed by atoms with E-state index in [-0.39, 0.29) is 4.90 Å². The number of hydrogen-bond donors (Lipinski definition) is 3. The van der Waals surface area contributed by atoms with Crippen LogP contribution in [0.1, 0.15) is 21.5 Å². The summed E-state index contributed by atoms with van der Waals surface area (Å²) in [5, 5.41) is 0.723. The third-order valence-corrected chi connectivity index (χ3v) is 5.16. The van der Waals surface area contributed by atoms with Crippen LogP contribution in [0.25, 0.3) is 10.9 Å². The summed E-state index contributed by atoms with van der Waals surface area (Å²) in [6, 6.07) is 12.4.